The predicted molar refractivity (Wildman–Crippen MR) is 101 cm³/mol. The summed E-state index contributed by atoms with van der Waals surface area (Å²) in [4.78, 5) is 10.1. The van der Waals surface area contributed by atoms with Gasteiger partial charge in [0.05, 0.1) is 29.3 Å². The molecule has 3 aromatic rings. The third-order valence-electron chi connectivity index (χ3n) is 5.37. The van der Waals surface area contributed by atoms with Crippen LogP contribution < -0.4 is 4.90 Å². The Bertz CT molecular complexity index is 1110. The van der Waals surface area contributed by atoms with Crippen molar-refractivity contribution in [2.75, 3.05) is 18.0 Å². The summed E-state index contributed by atoms with van der Waals surface area (Å²) in [5.41, 5.74) is -2.27. The molecule has 0 spiro atoms. The molecule has 4 rings (SSSR count). The summed E-state index contributed by atoms with van der Waals surface area (Å²) in [5, 5.41) is 14.4. The molecule has 1 saturated heterocycles. The quantitative estimate of drug-likeness (QED) is 0.631. The average Bonchev–Trinajstić information content (AvgIpc) is 3.13. The minimum atomic E-state index is -4.64. The van der Waals surface area contributed by atoms with Gasteiger partial charge in [0.25, 0.3) is 0 Å². The van der Waals surface area contributed by atoms with Crippen molar-refractivity contribution in [1.29, 1.82) is 0 Å². The molecule has 0 radical (unpaired) electrons. The predicted octanol–water partition coefficient (Wildman–Crippen LogP) is 3.66. The zero-order valence-corrected chi connectivity index (χ0v) is 16.4. The Labute approximate surface area is 174 Å². The van der Waals surface area contributed by atoms with Gasteiger partial charge in [0.2, 0.25) is 0 Å². The molecule has 1 fully saturated rings. The molecule has 1 N–H and O–H groups in total. The monoisotopic (exact) mass is 439 g/mol. The molecule has 2 aromatic heterocycles. The van der Waals surface area contributed by atoms with Gasteiger partial charge in [0.1, 0.15) is 5.82 Å². The lowest BCUT2D eigenvalue weighted by atomic mass is 9.84. The van der Waals surface area contributed by atoms with Crippen LogP contribution in [0.5, 0.6) is 0 Å². The van der Waals surface area contributed by atoms with Gasteiger partial charge in [-0.3, -0.25) is 9.67 Å². The smallest absolute Gasteiger partial charge is 0.385 e. The molecule has 3 heterocycles. The Kier molecular flexibility index (Phi) is 5.16. The number of anilines is 1. The van der Waals surface area contributed by atoms with E-state index >= 15 is 0 Å². The van der Waals surface area contributed by atoms with Crippen LogP contribution in [0.4, 0.5) is 27.8 Å². The highest BCUT2D eigenvalue weighted by Gasteiger charge is 2.38. The highest BCUT2D eigenvalue weighted by Crippen LogP contribution is 2.37. The molecule has 1 aliphatic heterocycles. The van der Waals surface area contributed by atoms with Gasteiger partial charge in [-0.1, -0.05) is 6.07 Å². The fourth-order valence-corrected chi connectivity index (χ4v) is 3.70. The molecule has 0 amide bonds. The van der Waals surface area contributed by atoms with Gasteiger partial charge in [-0.25, -0.2) is 13.8 Å². The first-order valence-corrected chi connectivity index (χ1v) is 9.43. The number of halogens is 5. The van der Waals surface area contributed by atoms with Crippen molar-refractivity contribution >= 4 is 5.82 Å². The molecule has 0 atom stereocenters. The maximum absolute atomic E-state index is 13.6. The van der Waals surface area contributed by atoms with Crippen molar-refractivity contribution in [3.05, 3.63) is 59.7 Å². The highest BCUT2D eigenvalue weighted by molar-refractivity contribution is 5.63. The van der Waals surface area contributed by atoms with E-state index in [4.69, 9.17) is 0 Å². The van der Waals surface area contributed by atoms with E-state index in [1.165, 1.54) is 31.7 Å². The minimum Gasteiger partial charge on any atom is -0.385 e. The Balaban J connectivity index is 1.56. The van der Waals surface area contributed by atoms with E-state index in [2.05, 4.69) is 15.1 Å². The molecular formula is C20H18F5N5O. The van der Waals surface area contributed by atoms with Crippen molar-refractivity contribution in [2.24, 2.45) is 7.05 Å². The fraction of sp³-hybridized carbons (Fsp3) is 0.350. The topological polar surface area (TPSA) is 67.1 Å². The number of nitrogens with zero attached hydrogens (tertiary/aromatic N) is 5. The first-order chi connectivity index (χ1) is 14.6. The van der Waals surface area contributed by atoms with Gasteiger partial charge in [-0.2, -0.15) is 18.3 Å². The summed E-state index contributed by atoms with van der Waals surface area (Å²) in [5.74, 6) is -1.68. The lowest BCUT2D eigenvalue weighted by Gasteiger charge is -2.39. The molecule has 0 bridgehead atoms. The molecule has 6 nitrogen and oxygen atoms in total. The van der Waals surface area contributed by atoms with Crippen LogP contribution in [0.3, 0.4) is 0 Å². The third kappa shape index (κ3) is 4.09. The van der Waals surface area contributed by atoms with Gasteiger partial charge in [0, 0.05) is 26.3 Å². The van der Waals surface area contributed by atoms with E-state index in [1.54, 1.807) is 4.90 Å². The maximum Gasteiger partial charge on any atom is 0.435 e. The third-order valence-corrected chi connectivity index (χ3v) is 5.37. The lowest BCUT2D eigenvalue weighted by Crippen LogP contribution is -2.43. The van der Waals surface area contributed by atoms with Crippen LogP contribution in [-0.2, 0) is 18.8 Å². The van der Waals surface area contributed by atoms with Gasteiger partial charge >= 0.3 is 6.18 Å². The molecule has 0 aliphatic carbocycles. The summed E-state index contributed by atoms with van der Waals surface area (Å²) in [6.07, 6.45) is -0.350. The molecule has 1 aliphatic rings. The standard InChI is InChI=1S/C20H18F5N5O/c1-29-11-13(18(28-29)20(23,24)25)16-9-26-10-17(27-16)30-6-4-19(31,5-7-30)12-2-3-14(21)15(22)8-12/h2-3,8-11,31H,4-7H2,1H3. The van der Waals surface area contributed by atoms with Crippen molar-refractivity contribution in [1.82, 2.24) is 19.7 Å². The average molecular weight is 439 g/mol. The van der Waals surface area contributed by atoms with Gasteiger partial charge < -0.3 is 10.0 Å². The second-order valence-corrected chi connectivity index (χ2v) is 7.47. The normalized spacial score (nSPS) is 16.5. The molecule has 31 heavy (non-hydrogen) atoms. The van der Waals surface area contributed by atoms with Crippen molar-refractivity contribution in [3.63, 3.8) is 0 Å². The number of hydrogen-bond acceptors (Lipinski definition) is 5. The number of aliphatic hydroxyl groups is 1. The highest BCUT2D eigenvalue weighted by atomic mass is 19.4. The summed E-state index contributed by atoms with van der Waals surface area (Å²) in [7, 11) is 1.39. The first-order valence-electron chi connectivity index (χ1n) is 9.43. The van der Waals surface area contributed by atoms with E-state index in [-0.39, 0.29) is 29.7 Å². The Morgan fingerprint density at radius 2 is 1.77 bits per heavy atom. The molecule has 11 heteroatoms. The zero-order valence-electron chi connectivity index (χ0n) is 16.4. The van der Waals surface area contributed by atoms with Crippen LogP contribution in [0.15, 0.2) is 36.8 Å². The summed E-state index contributed by atoms with van der Waals surface area (Å²) in [6, 6.07) is 3.29. The molecular weight excluding hydrogens is 421 g/mol. The number of rotatable bonds is 3. The van der Waals surface area contributed by atoms with Gasteiger partial charge in [0.15, 0.2) is 17.3 Å². The first kappa shape index (κ1) is 21.2. The summed E-state index contributed by atoms with van der Waals surface area (Å²) >= 11 is 0. The number of piperidine rings is 1. The molecule has 1 aromatic carbocycles. The number of aryl methyl sites for hydroxylation is 1. The Morgan fingerprint density at radius 1 is 1.06 bits per heavy atom. The molecule has 164 valence electrons. The van der Waals surface area contributed by atoms with E-state index in [0.29, 0.717) is 18.9 Å². The molecule has 0 saturated carbocycles. The Morgan fingerprint density at radius 3 is 2.42 bits per heavy atom. The number of hydrogen-bond donors (Lipinski definition) is 1. The lowest BCUT2D eigenvalue weighted by molar-refractivity contribution is -0.141. The minimum absolute atomic E-state index is 0.0272. The van der Waals surface area contributed by atoms with Crippen molar-refractivity contribution < 1.29 is 27.1 Å². The Hall–Kier alpha value is -3.08. The largest absolute Gasteiger partial charge is 0.435 e. The fourth-order valence-electron chi connectivity index (χ4n) is 3.70. The zero-order chi connectivity index (χ0) is 22.4. The van der Waals surface area contributed by atoms with Crippen molar-refractivity contribution in [2.45, 2.75) is 24.6 Å². The van der Waals surface area contributed by atoms with Crippen LogP contribution >= 0.6 is 0 Å². The number of benzene rings is 1. The van der Waals surface area contributed by atoms with Gasteiger partial charge in [-0.05, 0) is 30.5 Å². The van der Waals surface area contributed by atoms with Crippen LogP contribution in [-0.4, -0.2) is 37.9 Å². The van der Waals surface area contributed by atoms with Crippen LogP contribution in [0.2, 0.25) is 0 Å². The maximum atomic E-state index is 13.6. The molecule has 0 unspecified atom stereocenters. The van der Waals surface area contributed by atoms with E-state index < -0.39 is 29.1 Å². The van der Waals surface area contributed by atoms with Crippen LogP contribution in [0.1, 0.15) is 24.1 Å². The number of aromatic nitrogens is 4. The van der Waals surface area contributed by atoms with E-state index in [1.807, 2.05) is 0 Å². The SMILES string of the molecule is Cn1cc(-c2cncc(N3CCC(O)(c4ccc(F)c(F)c4)CC3)n2)c(C(F)(F)F)n1. The van der Waals surface area contributed by atoms with Crippen molar-refractivity contribution in [3.8, 4) is 11.3 Å². The van der Waals surface area contributed by atoms with Crippen LogP contribution in [0.25, 0.3) is 11.3 Å². The van der Waals surface area contributed by atoms with Crippen LogP contribution in [0, 0.1) is 11.6 Å². The van der Waals surface area contributed by atoms with E-state index in [9.17, 15) is 27.1 Å². The second-order valence-electron chi connectivity index (χ2n) is 7.47. The second kappa shape index (κ2) is 7.56. The van der Waals surface area contributed by atoms with E-state index in [0.717, 1.165) is 16.8 Å². The summed E-state index contributed by atoms with van der Waals surface area (Å²) in [6.45, 7) is 0.597. The summed E-state index contributed by atoms with van der Waals surface area (Å²) < 4.78 is 67.7. The van der Waals surface area contributed by atoms with Gasteiger partial charge in [-0.15, -0.1) is 0 Å². The number of alkyl halides is 3.